The molecule has 1 aliphatic carbocycles. The van der Waals surface area contributed by atoms with Crippen molar-refractivity contribution in [2.45, 2.75) is 69.6 Å². The Balaban J connectivity index is 2.56. The number of hydrogen-bond acceptors (Lipinski definition) is 2. The summed E-state index contributed by atoms with van der Waals surface area (Å²) < 4.78 is 36.6. The van der Waals surface area contributed by atoms with Crippen LogP contribution in [-0.4, -0.2) is 36.8 Å². The first-order valence-electron chi connectivity index (χ1n) is 7.17. The molecule has 1 rings (SSSR count). The van der Waals surface area contributed by atoms with Crippen LogP contribution in [-0.2, 0) is 0 Å². The standard InChI is InChI=1S/C14H27F3N2/c1-11-6-9-13(10-7-11,19(2)3)12(18)5-4-8-14(15,16)17/h11-12H,4-10,18H2,1-3H3. The first-order chi connectivity index (χ1) is 8.67. The lowest BCUT2D eigenvalue weighted by molar-refractivity contribution is -0.136. The number of nitrogens with zero attached hydrogens (tertiary/aromatic N) is 1. The average molecular weight is 280 g/mol. The highest BCUT2D eigenvalue weighted by molar-refractivity contribution is 4.99. The highest BCUT2D eigenvalue weighted by Crippen LogP contribution is 2.38. The molecule has 1 fully saturated rings. The SMILES string of the molecule is CC1CCC(C(N)CCCC(F)(F)F)(N(C)C)CC1. The molecule has 0 aromatic carbocycles. The van der Waals surface area contributed by atoms with Crippen molar-refractivity contribution in [2.75, 3.05) is 14.1 Å². The van der Waals surface area contributed by atoms with Crippen molar-refractivity contribution in [3.05, 3.63) is 0 Å². The van der Waals surface area contributed by atoms with Gasteiger partial charge in [-0.3, -0.25) is 0 Å². The van der Waals surface area contributed by atoms with Crippen LogP contribution in [0.2, 0.25) is 0 Å². The third kappa shape index (κ3) is 4.63. The topological polar surface area (TPSA) is 29.3 Å². The summed E-state index contributed by atoms with van der Waals surface area (Å²) in [5.74, 6) is 0.704. The molecular formula is C14H27F3N2. The van der Waals surface area contributed by atoms with Crippen LogP contribution < -0.4 is 5.73 Å². The zero-order valence-corrected chi connectivity index (χ0v) is 12.3. The average Bonchev–Trinajstić information content (AvgIpc) is 2.28. The van der Waals surface area contributed by atoms with E-state index >= 15 is 0 Å². The largest absolute Gasteiger partial charge is 0.389 e. The number of hydrogen-bond donors (Lipinski definition) is 1. The van der Waals surface area contributed by atoms with E-state index in [1.165, 1.54) is 0 Å². The van der Waals surface area contributed by atoms with Crippen LogP contribution in [0.15, 0.2) is 0 Å². The normalized spacial score (nSPS) is 30.6. The molecular weight excluding hydrogens is 253 g/mol. The Bertz CT molecular complexity index is 268. The zero-order chi connectivity index (χ0) is 14.7. The highest BCUT2D eigenvalue weighted by atomic mass is 19.4. The van der Waals surface area contributed by atoms with E-state index in [9.17, 15) is 13.2 Å². The summed E-state index contributed by atoms with van der Waals surface area (Å²) >= 11 is 0. The van der Waals surface area contributed by atoms with Crippen molar-refractivity contribution in [1.82, 2.24) is 4.90 Å². The summed E-state index contributed by atoms with van der Waals surface area (Å²) in [5, 5.41) is 0. The molecule has 19 heavy (non-hydrogen) atoms. The fourth-order valence-corrected chi connectivity index (χ4v) is 3.20. The van der Waals surface area contributed by atoms with Crippen molar-refractivity contribution < 1.29 is 13.2 Å². The van der Waals surface area contributed by atoms with E-state index in [2.05, 4.69) is 11.8 Å². The fraction of sp³-hybridized carbons (Fsp3) is 1.00. The Morgan fingerprint density at radius 1 is 1.26 bits per heavy atom. The van der Waals surface area contributed by atoms with Crippen LogP contribution >= 0.6 is 0 Å². The first kappa shape index (κ1) is 16.8. The monoisotopic (exact) mass is 280 g/mol. The lowest BCUT2D eigenvalue weighted by atomic mass is 9.71. The van der Waals surface area contributed by atoms with Crippen molar-refractivity contribution in [1.29, 1.82) is 0 Å². The van der Waals surface area contributed by atoms with Gasteiger partial charge in [-0.15, -0.1) is 0 Å². The smallest absolute Gasteiger partial charge is 0.326 e. The third-order valence-corrected chi connectivity index (χ3v) is 4.70. The van der Waals surface area contributed by atoms with Gasteiger partial charge in [-0.1, -0.05) is 6.92 Å². The summed E-state index contributed by atoms with van der Waals surface area (Å²) in [6.07, 6.45) is 0.0214. The zero-order valence-electron chi connectivity index (χ0n) is 12.3. The fourth-order valence-electron chi connectivity index (χ4n) is 3.20. The van der Waals surface area contributed by atoms with Gasteiger partial charge in [0.25, 0.3) is 0 Å². The molecule has 0 spiro atoms. The quantitative estimate of drug-likeness (QED) is 0.834. The summed E-state index contributed by atoms with van der Waals surface area (Å²) in [6.45, 7) is 2.23. The molecule has 2 nitrogen and oxygen atoms in total. The van der Waals surface area contributed by atoms with Crippen LogP contribution in [0.3, 0.4) is 0 Å². The van der Waals surface area contributed by atoms with E-state index in [4.69, 9.17) is 5.73 Å². The highest BCUT2D eigenvalue weighted by Gasteiger charge is 2.41. The van der Waals surface area contributed by atoms with Gasteiger partial charge in [-0.25, -0.2) is 0 Å². The van der Waals surface area contributed by atoms with E-state index in [0.29, 0.717) is 12.3 Å². The number of nitrogens with two attached hydrogens (primary N) is 1. The van der Waals surface area contributed by atoms with Gasteiger partial charge in [0.1, 0.15) is 0 Å². The van der Waals surface area contributed by atoms with Gasteiger partial charge >= 0.3 is 6.18 Å². The third-order valence-electron chi connectivity index (χ3n) is 4.70. The lowest BCUT2D eigenvalue weighted by Crippen LogP contribution is -2.59. The Kier molecular flexibility index (Phi) is 5.68. The van der Waals surface area contributed by atoms with Crippen LogP contribution in [0.4, 0.5) is 13.2 Å². The second-order valence-corrected chi connectivity index (χ2v) is 6.29. The Morgan fingerprint density at radius 2 is 1.79 bits per heavy atom. The number of likely N-dealkylation sites (N-methyl/N-ethyl adjacent to an activating group) is 1. The molecule has 1 atom stereocenters. The van der Waals surface area contributed by atoms with E-state index in [-0.39, 0.29) is 18.0 Å². The second-order valence-electron chi connectivity index (χ2n) is 6.29. The first-order valence-corrected chi connectivity index (χ1v) is 7.17. The van der Waals surface area contributed by atoms with Crippen LogP contribution in [0.5, 0.6) is 0 Å². The van der Waals surface area contributed by atoms with Crippen LogP contribution in [0.1, 0.15) is 51.9 Å². The Morgan fingerprint density at radius 3 is 2.21 bits per heavy atom. The number of alkyl halides is 3. The minimum Gasteiger partial charge on any atom is -0.326 e. The van der Waals surface area contributed by atoms with Crippen LogP contribution in [0, 0.1) is 5.92 Å². The molecule has 2 N–H and O–H groups in total. The Labute approximate surface area is 114 Å². The molecule has 0 saturated heterocycles. The molecule has 0 aliphatic heterocycles. The summed E-state index contributed by atoms with van der Waals surface area (Å²) in [5.41, 5.74) is 6.14. The van der Waals surface area contributed by atoms with Crippen molar-refractivity contribution in [3.8, 4) is 0 Å². The molecule has 1 aliphatic rings. The summed E-state index contributed by atoms with van der Waals surface area (Å²) in [7, 11) is 4.00. The second kappa shape index (κ2) is 6.44. The van der Waals surface area contributed by atoms with E-state index in [1.807, 2.05) is 14.1 Å². The molecule has 1 unspecified atom stereocenters. The van der Waals surface area contributed by atoms with Gasteiger partial charge in [0, 0.05) is 18.0 Å². The van der Waals surface area contributed by atoms with Gasteiger partial charge in [-0.2, -0.15) is 13.2 Å². The molecule has 0 aromatic rings. The molecule has 114 valence electrons. The van der Waals surface area contributed by atoms with Gasteiger partial charge in [0.2, 0.25) is 0 Å². The molecule has 0 bridgehead atoms. The van der Waals surface area contributed by atoms with Gasteiger partial charge in [-0.05, 0) is 58.5 Å². The molecule has 0 radical (unpaired) electrons. The molecule has 1 saturated carbocycles. The van der Waals surface area contributed by atoms with E-state index < -0.39 is 12.6 Å². The Hall–Kier alpha value is -0.290. The minimum absolute atomic E-state index is 0.113. The van der Waals surface area contributed by atoms with Gasteiger partial charge < -0.3 is 10.6 Å². The predicted octanol–water partition coefficient (Wildman–Crippen LogP) is 3.56. The van der Waals surface area contributed by atoms with Crippen molar-refractivity contribution in [2.24, 2.45) is 11.7 Å². The van der Waals surface area contributed by atoms with E-state index in [0.717, 1.165) is 25.7 Å². The molecule has 0 aromatic heterocycles. The number of halogens is 3. The summed E-state index contributed by atoms with van der Waals surface area (Å²) in [6, 6.07) is -0.169. The maximum absolute atomic E-state index is 12.2. The predicted molar refractivity (Wildman–Crippen MR) is 71.9 cm³/mol. The van der Waals surface area contributed by atoms with E-state index in [1.54, 1.807) is 0 Å². The van der Waals surface area contributed by atoms with Gasteiger partial charge in [0.05, 0.1) is 0 Å². The molecule has 0 heterocycles. The van der Waals surface area contributed by atoms with Crippen molar-refractivity contribution in [3.63, 3.8) is 0 Å². The maximum Gasteiger partial charge on any atom is 0.389 e. The molecule has 5 heteroatoms. The minimum atomic E-state index is -4.06. The number of rotatable bonds is 5. The summed E-state index contributed by atoms with van der Waals surface area (Å²) in [4.78, 5) is 2.14. The van der Waals surface area contributed by atoms with Crippen molar-refractivity contribution >= 4 is 0 Å². The maximum atomic E-state index is 12.2. The van der Waals surface area contributed by atoms with Gasteiger partial charge in [0.15, 0.2) is 0 Å². The lowest BCUT2D eigenvalue weighted by Gasteiger charge is -2.48. The molecule has 0 amide bonds. The van der Waals surface area contributed by atoms with Crippen LogP contribution in [0.25, 0.3) is 0 Å².